The molecular formula is C48H34GeN4. The van der Waals surface area contributed by atoms with E-state index in [-0.39, 0.29) is 0 Å². The van der Waals surface area contributed by atoms with Gasteiger partial charge in [0.15, 0.2) is 0 Å². The van der Waals surface area contributed by atoms with Crippen LogP contribution < -0.4 is 8.79 Å². The molecule has 0 bridgehead atoms. The van der Waals surface area contributed by atoms with E-state index in [1.807, 2.05) is 6.07 Å². The second kappa shape index (κ2) is 11.4. The van der Waals surface area contributed by atoms with Gasteiger partial charge in [0.05, 0.1) is 0 Å². The van der Waals surface area contributed by atoms with Crippen molar-refractivity contribution in [3.8, 4) is 45.3 Å². The molecule has 0 radical (unpaired) electrons. The Morgan fingerprint density at radius 1 is 0.415 bits per heavy atom. The topological polar surface area (TPSA) is 35.6 Å². The molecule has 1 aliphatic heterocycles. The maximum absolute atomic E-state index is 5.36. The summed E-state index contributed by atoms with van der Waals surface area (Å²) in [7, 11) is 0. The molecule has 4 nitrogen and oxygen atoms in total. The van der Waals surface area contributed by atoms with Crippen LogP contribution in [-0.2, 0) is 0 Å². The summed E-state index contributed by atoms with van der Waals surface area (Å²) in [6.07, 6.45) is 0. The van der Waals surface area contributed by atoms with Crippen molar-refractivity contribution in [2.75, 3.05) is 0 Å². The molecule has 3 aromatic heterocycles. The van der Waals surface area contributed by atoms with E-state index in [1.165, 1.54) is 63.7 Å². The van der Waals surface area contributed by atoms with Crippen LogP contribution in [0.3, 0.4) is 0 Å². The fourth-order valence-electron chi connectivity index (χ4n) is 8.86. The van der Waals surface area contributed by atoms with E-state index in [9.17, 15) is 0 Å². The molecule has 10 aromatic rings. The predicted molar refractivity (Wildman–Crippen MR) is 224 cm³/mol. The third-order valence-corrected chi connectivity index (χ3v) is 18.6. The predicted octanol–water partition coefficient (Wildman–Crippen LogP) is 10.8. The molecule has 53 heavy (non-hydrogen) atoms. The Kier molecular flexibility index (Phi) is 6.53. The van der Waals surface area contributed by atoms with Crippen LogP contribution in [0.15, 0.2) is 170 Å². The molecule has 0 spiro atoms. The monoisotopic (exact) mass is 740 g/mol. The van der Waals surface area contributed by atoms with Crippen molar-refractivity contribution in [3.63, 3.8) is 0 Å². The molecule has 0 saturated heterocycles. The normalized spacial score (nSPS) is 13.2. The number of rotatable bonds is 4. The van der Waals surface area contributed by atoms with Crippen LogP contribution in [0.4, 0.5) is 0 Å². The summed E-state index contributed by atoms with van der Waals surface area (Å²) in [6, 6.07) is 61.4. The molecule has 1 aliphatic rings. The molecular weight excluding hydrogens is 705 g/mol. The van der Waals surface area contributed by atoms with Gasteiger partial charge in [-0.3, -0.25) is 0 Å². The van der Waals surface area contributed by atoms with Gasteiger partial charge in [-0.25, -0.2) is 0 Å². The van der Waals surface area contributed by atoms with Crippen LogP contribution >= 0.6 is 0 Å². The third kappa shape index (κ3) is 4.42. The fourth-order valence-corrected chi connectivity index (χ4v) is 15.6. The number of benzene rings is 7. The van der Waals surface area contributed by atoms with Crippen molar-refractivity contribution in [3.05, 3.63) is 170 Å². The van der Waals surface area contributed by atoms with Gasteiger partial charge in [0.1, 0.15) is 0 Å². The Hall–Kier alpha value is -6.24. The minimum atomic E-state index is -2.95. The van der Waals surface area contributed by atoms with E-state index in [4.69, 9.17) is 9.97 Å². The summed E-state index contributed by atoms with van der Waals surface area (Å²) in [6.45, 7) is 0. The zero-order valence-electron chi connectivity index (χ0n) is 29.5. The molecule has 7 aromatic carbocycles. The first-order valence-corrected chi connectivity index (χ1v) is 24.6. The number of para-hydroxylation sites is 3. The van der Waals surface area contributed by atoms with E-state index in [0.29, 0.717) is 0 Å². The van der Waals surface area contributed by atoms with Gasteiger partial charge < -0.3 is 0 Å². The average molecular weight is 739 g/mol. The fraction of sp³-hybridized carbons (Fsp3) is 0.0417. The Morgan fingerprint density at radius 2 is 0.943 bits per heavy atom. The Bertz CT molecular complexity index is 3070. The van der Waals surface area contributed by atoms with Gasteiger partial charge in [0.25, 0.3) is 0 Å². The van der Waals surface area contributed by atoms with Crippen LogP contribution in [0, 0.1) is 0 Å². The van der Waals surface area contributed by atoms with E-state index in [1.54, 1.807) is 0 Å². The number of aromatic nitrogens is 4. The van der Waals surface area contributed by atoms with E-state index in [2.05, 4.69) is 184 Å². The van der Waals surface area contributed by atoms with Crippen molar-refractivity contribution >= 4 is 65.7 Å². The Labute approximate surface area is 310 Å². The summed E-state index contributed by atoms with van der Waals surface area (Å²) in [5, 5.41) is 5.05. The Morgan fingerprint density at radius 3 is 1.58 bits per heavy atom. The summed E-state index contributed by atoms with van der Waals surface area (Å²) in [5.74, 6) is 5.80. The van der Waals surface area contributed by atoms with E-state index < -0.39 is 13.3 Å². The van der Waals surface area contributed by atoms with Crippen molar-refractivity contribution in [1.82, 2.24) is 19.1 Å². The summed E-state index contributed by atoms with van der Waals surface area (Å²) in [5.41, 5.74) is 12.8. The first-order valence-electron chi connectivity index (χ1n) is 18.3. The van der Waals surface area contributed by atoms with Gasteiger partial charge in [-0.1, -0.05) is 0 Å². The molecule has 0 atom stereocenters. The van der Waals surface area contributed by atoms with Gasteiger partial charge in [-0.15, -0.1) is 0 Å². The summed E-state index contributed by atoms with van der Waals surface area (Å²) < 4.78 is 7.70. The summed E-state index contributed by atoms with van der Waals surface area (Å²) >= 11 is -2.95. The first-order chi connectivity index (χ1) is 26.1. The molecule has 0 aliphatic carbocycles. The third-order valence-electron chi connectivity index (χ3n) is 11.3. The molecule has 250 valence electrons. The SMILES string of the molecule is [CH3][Ge]1([CH3])[c]2cc(-n3c4ccccc4c4cc5c6ccccc6n(-c6ccccc6)c5cc43)ccc2-c2nc(-c3ccccc3)nc(-c3ccccc3)[c]21. The number of hydrogen-bond donors (Lipinski definition) is 0. The van der Waals surface area contributed by atoms with Crippen molar-refractivity contribution in [1.29, 1.82) is 0 Å². The van der Waals surface area contributed by atoms with Crippen LogP contribution in [-0.4, -0.2) is 32.4 Å². The van der Waals surface area contributed by atoms with Gasteiger partial charge in [-0.2, -0.15) is 0 Å². The molecule has 5 heteroatoms. The number of hydrogen-bond acceptors (Lipinski definition) is 2. The van der Waals surface area contributed by atoms with Crippen LogP contribution in [0.2, 0.25) is 11.5 Å². The van der Waals surface area contributed by atoms with E-state index in [0.717, 1.165) is 34.0 Å². The zero-order valence-corrected chi connectivity index (χ0v) is 31.6. The zero-order chi connectivity index (χ0) is 35.3. The molecule has 0 fully saturated rings. The van der Waals surface area contributed by atoms with Crippen molar-refractivity contribution in [2.45, 2.75) is 11.5 Å². The summed E-state index contributed by atoms with van der Waals surface area (Å²) in [4.78, 5) is 10.7. The number of nitrogens with zero attached hydrogens (tertiary/aromatic N) is 4. The van der Waals surface area contributed by atoms with Crippen LogP contribution in [0.5, 0.6) is 0 Å². The standard InChI is InChI=1S/C48H34GeN4/c1-49(2)40-28-34(26-27-37(40)47-45(49)46(31-16-6-3-7-17-31)50-48(51-47)32-18-8-4-9-19-32)53-42-25-15-13-23-36(42)39-29-38-35-22-12-14-24-41(35)52(43(38)30-44(39)53)33-20-10-5-11-21-33/h3-30H,1-2H3. The molecule has 0 unspecified atom stereocenters. The van der Waals surface area contributed by atoms with Crippen molar-refractivity contribution in [2.24, 2.45) is 0 Å². The minimum absolute atomic E-state index is 0.776. The maximum atomic E-state index is 5.36. The molecule has 0 N–H and O–H groups in total. The van der Waals surface area contributed by atoms with Crippen LogP contribution in [0.25, 0.3) is 88.9 Å². The Balaban J connectivity index is 1.18. The molecule has 11 rings (SSSR count). The van der Waals surface area contributed by atoms with Crippen LogP contribution in [0.1, 0.15) is 0 Å². The van der Waals surface area contributed by atoms with Crippen molar-refractivity contribution < 1.29 is 0 Å². The average Bonchev–Trinajstić information content (AvgIpc) is 3.80. The first kappa shape index (κ1) is 30.4. The van der Waals surface area contributed by atoms with Gasteiger partial charge in [0, 0.05) is 0 Å². The quantitative estimate of drug-likeness (QED) is 0.169. The van der Waals surface area contributed by atoms with Gasteiger partial charge in [-0.05, 0) is 0 Å². The van der Waals surface area contributed by atoms with E-state index >= 15 is 0 Å². The van der Waals surface area contributed by atoms with Gasteiger partial charge in [0.2, 0.25) is 0 Å². The van der Waals surface area contributed by atoms with Gasteiger partial charge >= 0.3 is 311 Å². The molecule has 4 heterocycles. The molecule has 0 amide bonds. The second-order valence-electron chi connectivity index (χ2n) is 14.6. The molecule has 0 saturated carbocycles. The number of fused-ring (bicyclic) bond motifs is 9. The second-order valence-corrected chi connectivity index (χ2v) is 23.6.